The Bertz CT molecular complexity index is 3010. The van der Waals surface area contributed by atoms with Gasteiger partial charge in [0.25, 0.3) is 8.53 Å². The molecule has 83 heavy (non-hydrogen) atoms. The maximum Gasteiger partial charge on any atom is 0.416 e. The maximum atomic E-state index is 15.2. The molecular weight excluding hydrogens is 1200 g/mol. The van der Waals surface area contributed by atoms with Gasteiger partial charge in [-0.2, -0.15) is 105 Å². The predicted molar refractivity (Wildman–Crippen MR) is 244 cm³/mol. The summed E-state index contributed by atoms with van der Waals surface area (Å²) in [6, 6.07) is 4.33. The van der Waals surface area contributed by atoms with Gasteiger partial charge in [0.2, 0.25) is 0 Å². The molecule has 30 heteroatoms. The third-order valence-electron chi connectivity index (χ3n) is 13.3. The molecule has 0 N–H and O–H groups in total. The van der Waals surface area contributed by atoms with Crippen LogP contribution in [0.4, 0.5) is 117 Å². The average molecular weight is 1230 g/mol. The van der Waals surface area contributed by atoms with Crippen molar-refractivity contribution in [2.24, 2.45) is 0 Å². The van der Waals surface area contributed by atoms with E-state index in [1.165, 1.54) is 36.4 Å². The van der Waals surface area contributed by atoms with E-state index in [9.17, 15) is 0 Å². The summed E-state index contributed by atoms with van der Waals surface area (Å²) >= 11 is 0. The third-order valence-corrected chi connectivity index (χ3v) is 15.0. The molecule has 0 bridgehead atoms. The van der Waals surface area contributed by atoms with Crippen LogP contribution in [0.5, 0.6) is 0 Å². The zero-order chi connectivity index (χ0) is 61.4. The Morgan fingerprint density at radius 3 is 0.771 bits per heavy atom. The highest BCUT2D eigenvalue weighted by molar-refractivity contribution is 7.49. The summed E-state index contributed by atoms with van der Waals surface area (Å²) in [6.45, 7) is 1.32. The van der Waals surface area contributed by atoms with Gasteiger partial charge in [0.15, 0.2) is 17.0 Å². The zero-order valence-corrected chi connectivity index (χ0v) is 41.8. The van der Waals surface area contributed by atoms with Crippen LogP contribution < -0.4 is 4.67 Å². The fraction of sp³-hybridized carbons (Fsp3) is 0.283. The molecule has 0 radical (unpaired) electrons. The summed E-state index contributed by atoms with van der Waals surface area (Å²) in [7, 11) is -4.55. The van der Waals surface area contributed by atoms with Crippen molar-refractivity contribution >= 4 is 32.1 Å². The summed E-state index contributed by atoms with van der Waals surface area (Å²) in [5.74, 6) is -2.91. The number of para-hydroxylation sites is 2. The molecule has 444 valence electrons. The summed E-state index contributed by atoms with van der Waals surface area (Å²) in [5.41, 5.74) is -36.9. The van der Waals surface area contributed by atoms with Crippen molar-refractivity contribution in [2.75, 3.05) is 4.67 Å². The Labute approximate surface area is 451 Å². The molecule has 0 aromatic heterocycles. The molecule has 2 fully saturated rings. The van der Waals surface area contributed by atoms with Crippen LogP contribution >= 0.6 is 8.53 Å². The second-order valence-corrected chi connectivity index (χ2v) is 20.6. The van der Waals surface area contributed by atoms with Crippen LogP contribution in [0.1, 0.15) is 91.7 Å². The number of fused-ring (bicyclic) bond motifs is 3. The number of halogens is 24. The molecule has 3 aliphatic heterocycles. The summed E-state index contributed by atoms with van der Waals surface area (Å²) in [5, 5.41) is 0. The standard InChI is InChI=1S/C53H30F24NO4P/c1-43(2)79-41-42(80-43)45(29-17-35(50(66,67)68)23-36(18-29)51(69,70)71,30-19-37(52(72,73)74)24-38(20-30)53(75,76)77)82-83(78-39-9-5-3-7-25(39)11-12-26-8-4-6-10-40(26)78)81-44(41,27-13-31(46(54,55)56)21-32(14-27)47(57,58)59)28-15-33(48(60,61)62)22-34(16-28)49(63,64)65/h3-24,41-42H,1-2H3/t41-,42-/m1/s1. The van der Waals surface area contributed by atoms with Crippen LogP contribution in [-0.2, 0) is 79.1 Å². The molecule has 6 aromatic carbocycles. The number of hydrogen-bond acceptors (Lipinski definition) is 5. The number of ether oxygens (including phenoxy) is 2. The molecule has 0 spiro atoms. The highest BCUT2D eigenvalue weighted by atomic mass is 31.2. The molecule has 6 aromatic rings. The lowest BCUT2D eigenvalue weighted by atomic mass is 9.70. The second kappa shape index (κ2) is 19.8. The lowest BCUT2D eigenvalue weighted by Gasteiger charge is -2.43. The molecule has 9 rings (SSSR count). The fourth-order valence-electron chi connectivity index (χ4n) is 9.81. The van der Waals surface area contributed by atoms with E-state index in [0.717, 1.165) is 24.3 Å². The van der Waals surface area contributed by atoms with Crippen LogP contribution in [0.2, 0.25) is 0 Å². The fourth-order valence-corrected chi connectivity index (χ4v) is 11.9. The number of benzene rings is 6. The molecule has 2 saturated heterocycles. The van der Waals surface area contributed by atoms with Crippen molar-refractivity contribution in [3.8, 4) is 0 Å². The minimum Gasteiger partial charge on any atom is -0.341 e. The molecule has 0 unspecified atom stereocenters. The van der Waals surface area contributed by atoms with Gasteiger partial charge in [-0.1, -0.05) is 48.6 Å². The van der Waals surface area contributed by atoms with Gasteiger partial charge in [0.1, 0.15) is 12.2 Å². The van der Waals surface area contributed by atoms with E-state index in [-0.39, 0.29) is 59.7 Å². The van der Waals surface area contributed by atoms with Crippen LogP contribution in [-0.4, -0.2) is 18.0 Å². The lowest BCUT2D eigenvalue weighted by Crippen LogP contribution is -2.54. The van der Waals surface area contributed by atoms with E-state index in [1.807, 2.05) is 0 Å². The molecule has 0 aliphatic carbocycles. The third kappa shape index (κ3) is 11.5. The molecule has 2 atom stereocenters. The molecule has 3 aliphatic rings. The minimum absolute atomic E-state index is 0.124. The Balaban J connectivity index is 1.62. The van der Waals surface area contributed by atoms with E-state index in [1.54, 1.807) is 0 Å². The van der Waals surface area contributed by atoms with Crippen molar-refractivity contribution in [3.63, 3.8) is 0 Å². The van der Waals surface area contributed by atoms with Gasteiger partial charge in [-0.05, 0) is 132 Å². The highest BCUT2D eigenvalue weighted by Gasteiger charge is 2.69. The quantitative estimate of drug-likeness (QED) is 0.127. The normalized spacial score (nSPS) is 19.7. The molecule has 0 amide bonds. The number of anilines is 2. The molecule has 5 nitrogen and oxygen atoms in total. The van der Waals surface area contributed by atoms with Crippen molar-refractivity contribution in [1.82, 2.24) is 0 Å². The SMILES string of the molecule is CC1(C)O[C@@H]2[C@@H](O1)C(c1cc(C(F)(F)F)cc(C(F)(F)F)c1)(c1cc(C(F)(F)F)cc(C(F)(F)F)c1)OP(N1c3ccccc3C=Cc3ccccc31)OC2(c1cc(C(F)(F)F)cc(C(F)(F)F)c1)c1cc(C(F)(F)F)cc(C(F)(F)F)c1. The monoisotopic (exact) mass is 1230 g/mol. The van der Waals surface area contributed by atoms with Gasteiger partial charge in [-0.25, -0.2) is 0 Å². The van der Waals surface area contributed by atoms with Gasteiger partial charge in [-0.15, -0.1) is 0 Å². The van der Waals surface area contributed by atoms with E-state index in [0.29, 0.717) is 18.5 Å². The van der Waals surface area contributed by atoms with Crippen LogP contribution in [0.25, 0.3) is 12.2 Å². The first-order valence-corrected chi connectivity index (χ1v) is 24.4. The van der Waals surface area contributed by atoms with Gasteiger partial charge in [0.05, 0.1) is 55.9 Å². The number of alkyl halides is 24. The largest absolute Gasteiger partial charge is 0.416 e. The second-order valence-electron chi connectivity index (χ2n) is 19.3. The zero-order valence-electron chi connectivity index (χ0n) is 41.0. The summed E-state index contributed by atoms with van der Waals surface area (Å²) in [6.07, 6.45) is -52.6. The molecular formula is C53H30F24NO4P. The predicted octanol–water partition coefficient (Wildman–Crippen LogP) is 19.1. The number of hydrogen-bond donors (Lipinski definition) is 0. The van der Waals surface area contributed by atoms with Crippen molar-refractivity contribution < 1.29 is 124 Å². The van der Waals surface area contributed by atoms with E-state index in [2.05, 4.69) is 0 Å². The van der Waals surface area contributed by atoms with E-state index in [4.69, 9.17) is 18.5 Å². The topological polar surface area (TPSA) is 40.2 Å². The van der Waals surface area contributed by atoms with Gasteiger partial charge in [0, 0.05) is 0 Å². The first-order chi connectivity index (χ1) is 37.8. The average Bonchev–Trinajstić information content (AvgIpc) is 2.30. The Morgan fingerprint density at radius 2 is 0.554 bits per heavy atom. The van der Waals surface area contributed by atoms with Crippen LogP contribution in [0, 0.1) is 0 Å². The number of nitrogens with zero attached hydrogens (tertiary/aromatic N) is 1. The summed E-state index contributed by atoms with van der Waals surface area (Å²) < 4.78 is 391. The Kier molecular flexibility index (Phi) is 14.5. The highest BCUT2D eigenvalue weighted by Crippen LogP contribution is 2.70. The van der Waals surface area contributed by atoms with Gasteiger partial charge < -0.3 is 9.47 Å². The smallest absolute Gasteiger partial charge is 0.341 e. The van der Waals surface area contributed by atoms with E-state index < -0.39 is 190 Å². The first-order valence-electron chi connectivity index (χ1n) is 23.2. The number of rotatable bonds is 5. The summed E-state index contributed by atoms with van der Waals surface area (Å²) in [4.78, 5) is 0. The lowest BCUT2D eigenvalue weighted by molar-refractivity contribution is -0.175. The maximum absolute atomic E-state index is 15.2. The first kappa shape index (κ1) is 61.0. The Morgan fingerprint density at radius 1 is 0.337 bits per heavy atom. The van der Waals surface area contributed by atoms with Gasteiger partial charge >= 0.3 is 49.4 Å². The molecule has 0 saturated carbocycles. The van der Waals surface area contributed by atoms with Crippen molar-refractivity contribution in [2.45, 2.75) is 92.5 Å². The Hall–Kier alpha value is -6.55. The van der Waals surface area contributed by atoms with Crippen LogP contribution in [0.3, 0.4) is 0 Å². The molecule has 3 heterocycles. The minimum atomic E-state index is -6.03. The van der Waals surface area contributed by atoms with Crippen molar-refractivity contribution in [1.29, 1.82) is 0 Å². The van der Waals surface area contributed by atoms with E-state index >= 15 is 105 Å². The van der Waals surface area contributed by atoms with Crippen molar-refractivity contribution in [3.05, 3.63) is 199 Å². The van der Waals surface area contributed by atoms with Crippen LogP contribution in [0.15, 0.2) is 121 Å². The van der Waals surface area contributed by atoms with Gasteiger partial charge in [-0.3, -0.25) is 13.7 Å².